The molecule has 2 aromatic rings. The van der Waals surface area contributed by atoms with Gasteiger partial charge in [-0.05, 0) is 30.3 Å². The summed E-state index contributed by atoms with van der Waals surface area (Å²) in [5.41, 5.74) is 1.90. The Morgan fingerprint density at radius 3 is 2.48 bits per heavy atom. The number of imidazole rings is 1. The summed E-state index contributed by atoms with van der Waals surface area (Å²) in [6.45, 7) is 1.24. The van der Waals surface area contributed by atoms with Crippen LogP contribution < -0.4 is 4.74 Å². The second kappa shape index (κ2) is 6.73. The highest BCUT2D eigenvalue weighted by Crippen LogP contribution is 2.26. The van der Waals surface area contributed by atoms with Gasteiger partial charge in [0.1, 0.15) is 23.9 Å². The third kappa shape index (κ3) is 3.35. The van der Waals surface area contributed by atoms with Crippen LogP contribution in [-0.2, 0) is 6.54 Å². The van der Waals surface area contributed by atoms with Gasteiger partial charge in [-0.2, -0.15) is 0 Å². The van der Waals surface area contributed by atoms with Crippen molar-refractivity contribution in [3.8, 4) is 28.5 Å². The van der Waals surface area contributed by atoms with Crippen LogP contribution >= 0.6 is 0 Å². The molecule has 0 spiro atoms. The van der Waals surface area contributed by atoms with Crippen LogP contribution in [-0.4, -0.2) is 21.1 Å². The van der Waals surface area contributed by atoms with E-state index in [2.05, 4.69) is 9.97 Å². The Morgan fingerprint density at radius 1 is 0.880 bits per heavy atom. The minimum atomic E-state index is -0.318. The van der Waals surface area contributed by atoms with Crippen molar-refractivity contribution in [2.24, 2.45) is 0 Å². The first-order valence-corrected chi connectivity index (χ1v) is 8.06. The number of nitrogens with zero attached hydrogens (tertiary/aromatic N) is 3. The van der Waals surface area contributed by atoms with Crippen LogP contribution in [0.25, 0.3) is 22.8 Å². The van der Waals surface area contributed by atoms with Gasteiger partial charge in [0, 0.05) is 12.4 Å². The lowest BCUT2D eigenvalue weighted by Gasteiger charge is -2.09. The van der Waals surface area contributed by atoms with Gasteiger partial charge in [-0.3, -0.25) is 0 Å². The van der Waals surface area contributed by atoms with Crippen LogP contribution in [0, 0.1) is 5.82 Å². The molecule has 124 valence electrons. The summed E-state index contributed by atoms with van der Waals surface area (Å²) in [5.74, 6) is 0.937. The Kier molecular flexibility index (Phi) is 4.12. The van der Waals surface area contributed by atoms with Gasteiger partial charge in [-0.1, -0.05) is 30.3 Å². The predicted octanol–water partition coefficient (Wildman–Crippen LogP) is 4.27. The summed E-state index contributed by atoms with van der Waals surface area (Å²) in [7, 11) is 0. The number of fused-ring (bicyclic) bond motifs is 1. The van der Waals surface area contributed by atoms with Gasteiger partial charge in [0.15, 0.2) is 5.82 Å². The molecule has 2 aliphatic heterocycles. The third-order valence-electron chi connectivity index (χ3n) is 3.90. The standard InChI is InChI=1S/C20H16FN3O/c21-17-9-5-4-8-16(17)20-22-18-10-11-24(14-19(18)23-20)12-13-25-15-6-2-1-3-7-15/h1-11,14H,12-13H2. The van der Waals surface area contributed by atoms with Crippen molar-refractivity contribution >= 4 is 0 Å². The second-order valence-corrected chi connectivity index (χ2v) is 5.64. The van der Waals surface area contributed by atoms with Crippen molar-refractivity contribution in [2.75, 3.05) is 6.61 Å². The molecule has 0 N–H and O–H groups in total. The van der Waals surface area contributed by atoms with Crippen LogP contribution in [0.1, 0.15) is 0 Å². The zero-order chi connectivity index (χ0) is 17.1. The molecule has 0 unspecified atom stereocenters. The average molecular weight is 333 g/mol. The topological polar surface area (TPSA) is 39.9 Å². The molecule has 0 aliphatic carbocycles. The summed E-state index contributed by atoms with van der Waals surface area (Å²) >= 11 is 0. The van der Waals surface area contributed by atoms with Gasteiger partial charge < -0.3 is 9.30 Å². The largest absolute Gasteiger partial charge is 0.492 e. The van der Waals surface area contributed by atoms with E-state index in [1.165, 1.54) is 6.07 Å². The van der Waals surface area contributed by atoms with Gasteiger partial charge in [0.2, 0.25) is 0 Å². The fourth-order valence-corrected chi connectivity index (χ4v) is 2.64. The highest BCUT2D eigenvalue weighted by Gasteiger charge is 2.15. The lowest BCUT2D eigenvalue weighted by molar-refractivity contribution is 0.298. The number of hydrogen-bond acceptors (Lipinski definition) is 3. The van der Waals surface area contributed by atoms with Gasteiger partial charge >= 0.3 is 0 Å². The predicted molar refractivity (Wildman–Crippen MR) is 94.0 cm³/mol. The van der Waals surface area contributed by atoms with E-state index in [1.54, 1.807) is 18.2 Å². The van der Waals surface area contributed by atoms with Crippen LogP contribution in [0.2, 0.25) is 0 Å². The van der Waals surface area contributed by atoms with Gasteiger partial charge in [-0.25, -0.2) is 14.4 Å². The Balaban J connectivity index is 1.51. The molecule has 2 aromatic carbocycles. The number of para-hydroxylation sites is 1. The van der Waals surface area contributed by atoms with Crippen molar-refractivity contribution in [2.45, 2.75) is 6.54 Å². The Hall–Kier alpha value is -3.21. The minimum absolute atomic E-state index is 0.318. The second-order valence-electron chi connectivity index (χ2n) is 5.64. The molecule has 25 heavy (non-hydrogen) atoms. The normalized spacial score (nSPS) is 10.9. The summed E-state index contributed by atoms with van der Waals surface area (Å²) in [5, 5.41) is 0. The number of rotatable bonds is 5. The lowest BCUT2D eigenvalue weighted by Crippen LogP contribution is -2.08. The maximum absolute atomic E-state index is 13.9. The molecule has 4 nitrogen and oxygen atoms in total. The Bertz CT molecular complexity index is 952. The van der Waals surface area contributed by atoms with E-state index in [1.807, 2.05) is 53.4 Å². The maximum atomic E-state index is 13.9. The maximum Gasteiger partial charge on any atom is 0.163 e. The molecule has 2 aliphatic rings. The summed E-state index contributed by atoms with van der Waals surface area (Å²) in [6.07, 6.45) is 3.83. The fourth-order valence-electron chi connectivity index (χ4n) is 2.64. The SMILES string of the molecule is Fc1ccccc1-c1nc2ccn(CCOc3ccccc3)cc-2n1. The molecule has 0 saturated heterocycles. The number of pyridine rings is 1. The number of aromatic nitrogens is 3. The third-order valence-corrected chi connectivity index (χ3v) is 3.90. The number of halogens is 1. The van der Waals surface area contributed by atoms with Gasteiger partial charge in [0.25, 0.3) is 0 Å². The average Bonchev–Trinajstić information content (AvgIpc) is 3.06. The van der Waals surface area contributed by atoms with Crippen molar-refractivity contribution in [1.29, 1.82) is 0 Å². The lowest BCUT2D eigenvalue weighted by atomic mass is 10.2. The van der Waals surface area contributed by atoms with Crippen molar-refractivity contribution in [1.82, 2.24) is 14.5 Å². The van der Waals surface area contributed by atoms with Crippen LogP contribution in [0.3, 0.4) is 0 Å². The van der Waals surface area contributed by atoms with Crippen molar-refractivity contribution in [3.05, 3.63) is 78.9 Å². The molecular weight excluding hydrogens is 317 g/mol. The fraction of sp³-hybridized carbons (Fsp3) is 0.100. The first kappa shape index (κ1) is 15.3. The van der Waals surface area contributed by atoms with E-state index in [4.69, 9.17) is 4.74 Å². The summed E-state index contributed by atoms with van der Waals surface area (Å²) in [6, 6.07) is 18.1. The first-order chi connectivity index (χ1) is 12.3. The zero-order valence-corrected chi connectivity index (χ0v) is 13.5. The molecule has 4 rings (SSSR count). The van der Waals surface area contributed by atoms with E-state index >= 15 is 0 Å². The van der Waals surface area contributed by atoms with Crippen molar-refractivity contribution < 1.29 is 9.13 Å². The van der Waals surface area contributed by atoms with Crippen molar-refractivity contribution in [3.63, 3.8) is 0 Å². The Morgan fingerprint density at radius 2 is 1.64 bits per heavy atom. The smallest absolute Gasteiger partial charge is 0.163 e. The van der Waals surface area contributed by atoms with Gasteiger partial charge in [0.05, 0.1) is 17.8 Å². The van der Waals surface area contributed by atoms with Crippen LogP contribution in [0.4, 0.5) is 4.39 Å². The minimum Gasteiger partial charge on any atom is -0.492 e. The van der Waals surface area contributed by atoms with E-state index in [9.17, 15) is 4.39 Å². The van der Waals surface area contributed by atoms with E-state index in [0.717, 1.165) is 17.1 Å². The van der Waals surface area contributed by atoms with Crippen LogP contribution in [0.5, 0.6) is 5.75 Å². The Labute approximate surface area is 144 Å². The number of ether oxygens (including phenoxy) is 1. The number of benzene rings is 2. The van der Waals surface area contributed by atoms with Crippen LogP contribution in [0.15, 0.2) is 73.1 Å². The molecule has 0 atom stereocenters. The first-order valence-electron chi connectivity index (χ1n) is 8.06. The molecule has 0 radical (unpaired) electrons. The molecule has 2 heterocycles. The summed E-state index contributed by atoms with van der Waals surface area (Å²) in [4.78, 5) is 8.88. The zero-order valence-electron chi connectivity index (χ0n) is 13.5. The highest BCUT2D eigenvalue weighted by molar-refractivity contribution is 5.65. The van der Waals surface area contributed by atoms with E-state index in [0.29, 0.717) is 24.5 Å². The number of hydrogen-bond donors (Lipinski definition) is 0. The molecule has 5 heteroatoms. The molecular formula is C20H16FN3O. The van der Waals surface area contributed by atoms with E-state index in [-0.39, 0.29) is 5.82 Å². The molecule has 0 amide bonds. The highest BCUT2D eigenvalue weighted by atomic mass is 19.1. The monoisotopic (exact) mass is 333 g/mol. The molecule has 0 fully saturated rings. The molecule has 0 aromatic heterocycles. The molecule has 0 bridgehead atoms. The quantitative estimate of drug-likeness (QED) is 0.548. The summed E-state index contributed by atoms with van der Waals surface area (Å²) < 4.78 is 21.6. The van der Waals surface area contributed by atoms with E-state index < -0.39 is 0 Å². The molecule has 0 saturated carbocycles. The van der Waals surface area contributed by atoms with Gasteiger partial charge in [-0.15, -0.1) is 0 Å².